The Balaban J connectivity index is 1.65. The van der Waals surface area contributed by atoms with Gasteiger partial charge in [-0.05, 0) is 31.9 Å². The van der Waals surface area contributed by atoms with E-state index in [1.807, 2.05) is 0 Å². The number of methoxy groups -OCH3 is 2. The van der Waals surface area contributed by atoms with Crippen LogP contribution in [0.15, 0.2) is 28.2 Å². The van der Waals surface area contributed by atoms with Gasteiger partial charge in [0.1, 0.15) is 0 Å². The first-order valence-electron chi connectivity index (χ1n) is 8.98. The van der Waals surface area contributed by atoms with E-state index in [1.54, 1.807) is 32.2 Å². The Hall–Kier alpha value is -2.46. The fourth-order valence-electron chi connectivity index (χ4n) is 2.92. The van der Waals surface area contributed by atoms with Crippen molar-refractivity contribution in [2.24, 2.45) is 0 Å². The maximum absolute atomic E-state index is 12.6. The molecule has 9 nitrogen and oxygen atoms in total. The van der Waals surface area contributed by atoms with Crippen molar-refractivity contribution in [2.45, 2.75) is 42.8 Å². The Kier molecular flexibility index (Phi) is 6.63. The normalized spacial score (nSPS) is 17.3. The Morgan fingerprint density at radius 1 is 1.43 bits per heavy atom. The standard InChI is InChI=1S/C18H24N4O5S/c1-11(16(23)19-12-6-7-14(25-2)15(9-12)26-3)28-18-21-20-17(24)22(18)10-13-5-4-8-27-13/h6-7,9,11,13H,4-5,8,10H2,1-3H3,(H,19,23)(H,20,24). The number of H-pyrrole nitrogens is 1. The molecule has 1 saturated heterocycles. The molecule has 2 N–H and O–H groups in total. The molecule has 0 aliphatic carbocycles. The predicted molar refractivity (Wildman–Crippen MR) is 105 cm³/mol. The largest absolute Gasteiger partial charge is 0.493 e. The predicted octanol–water partition coefficient (Wildman–Crippen LogP) is 1.89. The molecule has 152 valence electrons. The van der Waals surface area contributed by atoms with Gasteiger partial charge in [0.15, 0.2) is 16.7 Å². The lowest BCUT2D eigenvalue weighted by Gasteiger charge is -2.15. The third kappa shape index (κ3) is 4.68. The van der Waals surface area contributed by atoms with Crippen molar-refractivity contribution in [2.75, 3.05) is 26.1 Å². The first kappa shape index (κ1) is 20.3. The highest BCUT2D eigenvalue weighted by Gasteiger charge is 2.23. The summed E-state index contributed by atoms with van der Waals surface area (Å²) in [5, 5.41) is 9.35. The number of hydrogen-bond acceptors (Lipinski definition) is 7. The quantitative estimate of drug-likeness (QED) is 0.642. The zero-order chi connectivity index (χ0) is 20.1. The number of thioether (sulfide) groups is 1. The molecule has 1 fully saturated rings. The molecule has 2 unspecified atom stereocenters. The molecule has 1 aromatic carbocycles. The summed E-state index contributed by atoms with van der Waals surface area (Å²) >= 11 is 1.22. The molecule has 3 rings (SSSR count). The second kappa shape index (κ2) is 9.16. The molecule has 1 amide bonds. The summed E-state index contributed by atoms with van der Waals surface area (Å²) < 4.78 is 17.6. The summed E-state index contributed by atoms with van der Waals surface area (Å²) in [6.45, 7) is 2.90. The van der Waals surface area contributed by atoms with Crippen LogP contribution in [0.5, 0.6) is 11.5 Å². The van der Waals surface area contributed by atoms with Crippen LogP contribution >= 0.6 is 11.8 Å². The number of nitrogens with zero attached hydrogens (tertiary/aromatic N) is 2. The Morgan fingerprint density at radius 3 is 2.89 bits per heavy atom. The first-order chi connectivity index (χ1) is 13.5. The maximum Gasteiger partial charge on any atom is 0.344 e. The molecule has 0 radical (unpaired) electrons. The van der Waals surface area contributed by atoms with Crippen LogP contribution in [0.1, 0.15) is 19.8 Å². The van der Waals surface area contributed by atoms with Gasteiger partial charge in [-0.3, -0.25) is 9.36 Å². The number of aromatic amines is 1. The Bertz CT molecular complexity index is 875. The Morgan fingerprint density at radius 2 is 2.21 bits per heavy atom. The van der Waals surface area contributed by atoms with E-state index in [4.69, 9.17) is 14.2 Å². The minimum absolute atomic E-state index is 0.00514. The van der Waals surface area contributed by atoms with Crippen molar-refractivity contribution in [1.29, 1.82) is 0 Å². The summed E-state index contributed by atoms with van der Waals surface area (Å²) in [5.41, 5.74) is 0.291. The van der Waals surface area contributed by atoms with E-state index in [0.29, 0.717) is 35.5 Å². The SMILES string of the molecule is COc1ccc(NC(=O)C(C)Sc2n[nH]c(=O)n2CC2CCCO2)cc1OC. The number of anilines is 1. The third-order valence-electron chi connectivity index (χ3n) is 4.44. The van der Waals surface area contributed by atoms with Crippen LogP contribution in [0, 0.1) is 0 Å². The Labute approximate surface area is 166 Å². The second-order valence-corrected chi connectivity index (χ2v) is 7.68. The van der Waals surface area contributed by atoms with Crippen molar-refractivity contribution < 1.29 is 19.0 Å². The van der Waals surface area contributed by atoms with E-state index >= 15 is 0 Å². The number of carbonyl (C=O) groups is 1. The molecule has 1 aromatic heterocycles. The first-order valence-corrected chi connectivity index (χ1v) is 9.86. The van der Waals surface area contributed by atoms with Gasteiger partial charge in [-0.1, -0.05) is 11.8 Å². The molecule has 2 heterocycles. The number of carbonyl (C=O) groups excluding carboxylic acids is 1. The van der Waals surface area contributed by atoms with Gasteiger partial charge in [-0.2, -0.15) is 0 Å². The number of ether oxygens (including phenoxy) is 3. The van der Waals surface area contributed by atoms with E-state index in [2.05, 4.69) is 15.5 Å². The summed E-state index contributed by atoms with van der Waals surface area (Å²) in [5.74, 6) is 0.896. The van der Waals surface area contributed by atoms with Crippen LogP contribution in [-0.2, 0) is 16.1 Å². The van der Waals surface area contributed by atoms with E-state index in [1.165, 1.54) is 23.4 Å². The van der Waals surface area contributed by atoms with Crippen LogP contribution in [0.4, 0.5) is 5.69 Å². The minimum atomic E-state index is -0.466. The maximum atomic E-state index is 12.6. The van der Waals surface area contributed by atoms with Crippen LogP contribution < -0.4 is 20.5 Å². The van der Waals surface area contributed by atoms with Gasteiger partial charge >= 0.3 is 5.69 Å². The van der Waals surface area contributed by atoms with E-state index in [9.17, 15) is 9.59 Å². The van der Waals surface area contributed by atoms with Gasteiger partial charge in [0.05, 0.1) is 32.1 Å². The molecule has 2 atom stereocenters. The zero-order valence-corrected chi connectivity index (χ0v) is 16.9. The highest BCUT2D eigenvalue weighted by molar-refractivity contribution is 8.00. The van der Waals surface area contributed by atoms with Crippen molar-refractivity contribution in [3.8, 4) is 11.5 Å². The van der Waals surface area contributed by atoms with Crippen LogP contribution in [0.3, 0.4) is 0 Å². The molecule has 1 aliphatic heterocycles. The molecule has 0 bridgehead atoms. The topological polar surface area (TPSA) is 107 Å². The molecule has 28 heavy (non-hydrogen) atoms. The number of aromatic nitrogens is 3. The number of benzene rings is 1. The summed E-state index contributed by atoms with van der Waals surface area (Å²) in [4.78, 5) is 24.6. The van der Waals surface area contributed by atoms with Crippen molar-refractivity contribution >= 4 is 23.4 Å². The van der Waals surface area contributed by atoms with Crippen molar-refractivity contribution in [3.63, 3.8) is 0 Å². The lowest BCUT2D eigenvalue weighted by Crippen LogP contribution is -2.26. The van der Waals surface area contributed by atoms with Gasteiger partial charge in [0.25, 0.3) is 0 Å². The van der Waals surface area contributed by atoms with Gasteiger partial charge in [-0.15, -0.1) is 5.10 Å². The van der Waals surface area contributed by atoms with Crippen molar-refractivity contribution in [3.05, 3.63) is 28.7 Å². The van der Waals surface area contributed by atoms with Crippen LogP contribution in [0.25, 0.3) is 0 Å². The fourth-order valence-corrected chi connectivity index (χ4v) is 3.78. The van der Waals surface area contributed by atoms with E-state index < -0.39 is 5.25 Å². The lowest BCUT2D eigenvalue weighted by molar-refractivity contribution is -0.115. The number of rotatable bonds is 8. The lowest BCUT2D eigenvalue weighted by atomic mass is 10.2. The highest BCUT2D eigenvalue weighted by Crippen LogP contribution is 2.30. The van der Waals surface area contributed by atoms with Gasteiger partial charge in [-0.25, -0.2) is 9.89 Å². The van der Waals surface area contributed by atoms with Crippen LogP contribution in [0.2, 0.25) is 0 Å². The van der Waals surface area contributed by atoms with Crippen molar-refractivity contribution in [1.82, 2.24) is 14.8 Å². The molecular formula is C18H24N4O5S. The van der Waals surface area contributed by atoms with E-state index in [-0.39, 0.29) is 17.7 Å². The number of nitrogens with one attached hydrogen (secondary N) is 2. The number of hydrogen-bond donors (Lipinski definition) is 2. The smallest absolute Gasteiger partial charge is 0.344 e. The highest BCUT2D eigenvalue weighted by atomic mass is 32.2. The minimum Gasteiger partial charge on any atom is -0.493 e. The summed E-state index contributed by atoms with van der Waals surface area (Å²) in [7, 11) is 3.08. The zero-order valence-electron chi connectivity index (χ0n) is 16.1. The molecule has 0 spiro atoms. The van der Waals surface area contributed by atoms with Gasteiger partial charge in [0, 0.05) is 18.4 Å². The monoisotopic (exact) mass is 408 g/mol. The fraction of sp³-hybridized carbons (Fsp3) is 0.500. The molecule has 2 aromatic rings. The molecular weight excluding hydrogens is 384 g/mol. The second-order valence-electron chi connectivity index (χ2n) is 6.38. The van der Waals surface area contributed by atoms with Crippen LogP contribution in [-0.4, -0.2) is 52.9 Å². The number of amides is 1. The third-order valence-corrected chi connectivity index (χ3v) is 5.53. The average molecular weight is 408 g/mol. The molecule has 1 aliphatic rings. The summed E-state index contributed by atoms with van der Waals surface area (Å²) in [6.07, 6.45) is 1.91. The van der Waals surface area contributed by atoms with Gasteiger partial charge in [0.2, 0.25) is 5.91 Å². The molecule has 0 saturated carbocycles. The summed E-state index contributed by atoms with van der Waals surface area (Å²) in [6, 6.07) is 5.15. The van der Waals surface area contributed by atoms with Gasteiger partial charge < -0.3 is 19.5 Å². The van der Waals surface area contributed by atoms with E-state index in [0.717, 1.165) is 12.8 Å². The average Bonchev–Trinajstić information content (AvgIpc) is 3.33. The molecule has 10 heteroatoms.